The van der Waals surface area contributed by atoms with Gasteiger partial charge in [0, 0.05) is 125 Å². The summed E-state index contributed by atoms with van der Waals surface area (Å²) in [4.78, 5) is 123. The fraction of sp³-hybridized carbons (Fsp3) is 0.623. The Morgan fingerprint density at radius 1 is 0.789 bits per heavy atom. The number of hydrogen-bond acceptors (Lipinski definition) is 19. The first-order chi connectivity index (χ1) is 41.4. The molecule has 6 aliphatic heterocycles. The van der Waals surface area contributed by atoms with E-state index >= 15 is 0 Å². The van der Waals surface area contributed by atoms with Crippen molar-refractivity contribution in [3.63, 3.8) is 0 Å². The zero-order chi connectivity index (χ0) is 66.7. The maximum atomic E-state index is 14.3. The minimum atomic E-state index is -5.30. The molecule has 0 saturated carbocycles. The van der Waals surface area contributed by atoms with Crippen molar-refractivity contribution < 1.29 is 88.5 Å². The van der Waals surface area contributed by atoms with E-state index in [1.165, 1.54) is 6.92 Å². The molecule has 7 rings (SSSR count). The van der Waals surface area contributed by atoms with Crippen LogP contribution >= 0.6 is 7.82 Å². The number of aliphatic imine (C=N–C) groups is 3. The van der Waals surface area contributed by atoms with Gasteiger partial charge in [-0.05, 0) is 101 Å². The van der Waals surface area contributed by atoms with E-state index in [0.717, 1.165) is 5.56 Å². The number of fused-ring (bicyclic) bond motifs is 6. The van der Waals surface area contributed by atoms with Gasteiger partial charge in [-0.1, -0.05) is 58.4 Å². The van der Waals surface area contributed by atoms with E-state index in [-0.39, 0.29) is 94.0 Å². The average molecular weight is 1320 g/mol. The van der Waals surface area contributed by atoms with Crippen LogP contribution < -0.4 is 49.3 Å². The van der Waals surface area contributed by atoms with Crippen molar-refractivity contribution in [3.05, 3.63) is 76.0 Å². The van der Waals surface area contributed by atoms with E-state index < -0.39 is 143 Å². The topological polar surface area (TPSA) is 480 Å². The van der Waals surface area contributed by atoms with Gasteiger partial charge < -0.3 is 90.5 Å². The molecule has 1 aromatic carbocycles. The van der Waals surface area contributed by atoms with Crippen molar-refractivity contribution in [3.8, 4) is 5.75 Å². The third-order valence-electron chi connectivity index (χ3n) is 19.3. The number of nitrogens with one attached hydrogen (secondary N) is 1. The molecule has 7 amide bonds. The van der Waals surface area contributed by atoms with Crippen molar-refractivity contribution in [2.45, 2.75) is 182 Å². The fourth-order valence-electron chi connectivity index (χ4n) is 14.4. The van der Waals surface area contributed by atoms with Gasteiger partial charge >= 0.3 is 0 Å². The van der Waals surface area contributed by atoms with E-state index in [4.69, 9.17) is 85.1 Å². The molecule has 15 atom stereocenters. The standard InChI is InChI=1S/C60H88N11O15P.CN.Co/c1-29-11-13-33(14-12-29)83-55-50(80)51(39(28-72)84-55)86-87(81,82)85-30(2)27-67-47(79)21-22-57(7)37(23-44(64)76)54-60(10)59(9,26-46(66)78)36(17-20-43(63)75)49(71-60)32(4)53-58(8,25-45(65)77)34(15-18-41(61)73)38(68-53)24-40-56(5,6)35(16-19-42(62)74)48(69-40)31(3)52(57)70-54;1-2;/h11-14,24,30,34-37,39,50-51,54-55,72,80H,15-23,25-28H2,1-10H3,(H15,61,62,63,64,65,66,67,68,69,70,71,73,74,75,76,77,78,79,81,82);;/q;-1;/p-2/t30-,34-,35-,36-,37+,39-,50-,51-,54-,55+,57-,58+,59+,60+;;/m1../s1. The predicted molar refractivity (Wildman–Crippen MR) is 324 cm³/mol. The second kappa shape index (κ2) is 28.9. The zero-order valence-electron chi connectivity index (χ0n) is 52.5. The number of phosphoric acid groups is 1. The van der Waals surface area contributed by atoms with E-state index in [1.54, 1.807) is 38.1 Å². The molecule has 497 valence electrons. The number of aliphatic hydroxyl groups is 2. The SMILES string of the molecule is C/C1=C2/[N-][C@H]([C@H](CC(N)=O)[C@@]2(C)CCC(=O)NC[C@@H](C)OP(=O)([O-])O[C@H]2[C@@H](O)[C@@H](Oc3ccc(C)cc3)O[C@@H]2CO)[C@]2(C)N=C(/C(C)=C3N=C(/C=C4N=C1[C@@H](CCC(N)=O)C\4(C)C)[C@@H](CCC(N)=O)[C@]\3(C)CC(N)=O)[C@@H](CCC(N)=O)[C@]2(C)CC(N)=O.[C-]#N.[Co]. The van der Waals surface area contributed by atoms with Crippen LogP contribution in [0.3, 0.4) is 0 Å². The number of phosphoric ester groups is 1. The Hall–Kier alpha value is -6.67. The molecule has 29 heteroatoms. The Balaban J connectivity index is 0.00000486. The minimum Gasteiger partial charge on any atom is -0.756 e. The van der Waals surface area contributed by atoms with Gasteiger partial charge in [-0.25, -0.2) is 0 Å². The summed E-state index contributed by atoms with van der Waals surface area (Å²) in [6.45, 7) is 21.7. The number of carbonyl (C=O) groups is 7. The summed E-state index contributed by atoms with van der Waals surface area (Å²) in [5.74, 6) is -7.10. The number of allylic oxidation sites excluding steroid dienone is 6. The van der Waals surface area contributed by atoms with E-state index in [2.05, 4.69) is 5.32 Å². The molecule has 1 radical (unpaired) electrons. The number of rotatable bonds is 27. The molecule has 6 aliphatic rings. The first kappa shape index (κ1) is 74.1. The van der Waals surface area contributed by atoms with Gasteiger partial charge in [0.2, 0.25) is 47.6 Å². The van der Waals surface area contributed by atoms with Gasteiger partial charge in [0.05, 0.1) is 23.9 Å². The van der Waals surface area contributed by atoms with Crippen molar-refractivity contribution in [1.82, 2.24) is 5.32 Å². The number of nitrogens with zero attached hydrogens (tertiary/aromatic N) is 5. The van der Waals surface area contributed by atoms with Gasteiger partial charge in [-0.15, -0.1) is 0 Å². The summed E-state index contributed by atoms with van der Waals surface area (Å²) < 4.78 is 35.3. The first-order valence-corrected chi connectivity index (χ1v) is 31.1. The summed E-state index contributed by atoms with van der Waals surface area (Å²) in [5.41, 5.74) is 34.4. The molecule has 0 aromatic heterocycles. The predicted octanol–water partition coefficient (Wildman–Crippen LogP) is 2.96. The van der Waals surface area contributed by atoms with Crippen LogP contribution in [0.2, 0.25) is 0 Å². The molecule has 2 fully saturated rings. The quantitative estimate of drug-likeness (QED) is 0.0452. The Morgan fingerprint density at radius 3 is 1.90 bits per heavy atom. The van der Waals surface area contributed by atoms with Crippen LogP contribution in [0, 0.1) is 64.1 Å². The minimum absolute atomic E-state index is 0. The summed E-state index contributed by atoms with van der Waals surface area (Å²) in [5, 5.41) is 35.7. The molecule has 6 heterocycles. The van der Waals surface area contributed by atoms with E-state index in [0.29, 0.717) is 51.1 Å². The van der Waals surface area contributed by atoms with Gasteiger partial charge in [0.25, 0.3) is 7.82 Å². The van der Waals surface area contributed by atoms with Crippen LogP contribution in [0.5, 0.6) is 5.75 Å². The summed E-state index contributed by atoms with van der Waals surface area (Å²) in [6.07, 6.45) is -6.57. The summed E-state index contributed by atoms with van der Waals surface area (Å²) in [7, 11) is -5.30. The van der Waals surface area contributed by atoms with Crippen molar-refractivity contribution >= 4 is 66.3 Å². The Bertz CT molecular complexity index is 3240. The molecule has 2 saturated heterocycles. The Kier molecular flexibility index (Phi) is 23.8. The van der Waals surface area contributed by atoms with Gasteiger partial charge in [0.15, 0.2) is 0 Å². The van der Waals surface area contributed by atoms with Crippen molar-refractivity contribution in [1.29, 1.82) is 5.26 Å². The number of carbonyl (C=O) groups excluding carboxylic acids is 7. The Labute approximate surface area is 534 Å². The number of aryl methyl sites for hydroxylation is 1. The largest absolute Gasteiger partial charge is 0.756 e. The maximum Gasteiger partial charge on any atom is 0.268 e. The van der Waals surface area contributed by atoms with Crippen LogP contribution in [0.25, 0.3) is 5.32 Å². The van der Waals surface area contributed by atoms with Gasteiger partial charge in [0.1, 0.15) is 24.1 Å². The molecule has 15 N–H and O–H groups in total. The summed E-state index contributed by atoms with van der Waals surface area (Å²) >= 11 is 0. The normalized spacial score (nSPS) is 33.7. The number of primary amides is 6. The molecule has 1 unspecified atom stereocenters. The number of benzene rings is 1. The van der Waals surface area contributed by atoms with E-state index in [1.807, 2.05) is 54.5 Å². The molecular weight excluding hydrogens is 1230 g/mol. The van der Waals surface area contributed by atoms with Gasteiger partial charge in [-0.2, -0.15) is 5.70 Å². The van der Waals surface area contributed by atoms with Crippen LogP contribution in [0.1, 0.15) is 139 Å². The average Bonchev–Trinajstić information content (AvgIpc) is 1.53. The maximum absolute atomic E-state index is 14.3. The number of aliphatic hydroxyl groups excluding tert-OH is 2. The monoisotopic (exact) mass is 1320 g/mol. The first-order valence-electron chi connectivity index (χ1n) is 29.6. The zero-order valence-corrected chi connectivity index (χ0v) is 54.5. The second-order valence-electron chi connectivity index (χ2n) is 25.8. The molecule has 0 spiro atoms. The van der Waals surface area contributed by atoms with Crippen molar-refractivity contribution in [2.24, 2.45) is 94.7 Å². The summed E-state index contributed by atoms with van der Waals surface area (Å²) in [6, 6.07) is 5.71. The third-order valence-corrected chi connectivity index (χ3v) is 20.4. The number of amides is 7. The number of nitrogens with two attached hydrogens (primary N) is 6. The van der Waals surface area contributed by atoms with Crippen LogP contribution in [0.15, 0.2) is 73.6 Å². The third kappa shape index (κ3) is 15.3. The van der Waals surface area contributed by atoms with Gasteiger partial charge in [-0.3, -0.25) is 53.1 Å². The molecule has 0 aliphatic carbocycles. The molecule has 8 bridgehead atoms. The van der Waals surface area contributed by atoms with Crippen LogP contribution in [-0.2, 0) is 68.7 Å². The second-order valence-corrected chi connectivity index (χ2v) is 27.1. The number of ether oxygens (including phenoxy) is 2. The molecule has 90 heavy (non-hydrogen) atoms. The number of hydrogen-bond donors (Lipinski definition) is 9. The molecular formula is C61H86CoN12O15P-3. The fourth-order valence-corrected chi connectivity index (χ4v) is 15.6. The van der Waals surface area contributed by atoms with Crippen LogP contribution in [-0.4, -0.2) is 124 Å². The molecule has 27 nitrogen and oxygen atoms in total. The van der Waals surface area contributed by atoms with Crippen molar-refractivity contribution in [2.75, 3.05) is 13.2 Å². The molecule has 1 aromatic rings. The van der Waals surface area contributed by atoms with Crippen LogP contribution in [0.4, 0.5) is 0 Å². The Morgan fingerprint density at radius 2 is 1.36 bits per heavy atom. The smallest absolute Gasteiger partial charge is 0.268 e. The van der Waals surface area contributed by atoms with E-state index in [9.17, 15) is 53.2 Å².